The highest BCUT2D eigenvalue weighted by molar-refractivity contribution is 7.18. The molecule has 2 heterocycles. The molecule has 2 aromatic rings. The van der Waals surface area contributed by atoms with Gasteiger partial charge in [0.25, 0.3) is 0 Å². The predicted molar refractivity (Wildman–Crippen MR) is 85.7 cm³/mol. The van der Waals surface area contributed by atoms with Crippen molar-refractivity contribution in [3.63, 3.8) is 0 Å². The van der Waals surface area contributed by atoms with Crippen LogP contribution in [-0.4, -0.2) is 34.3 Å². The lowest BCUT2D eigenvalue weighted by molar-refractivity contribution is 0.260. The number of thiophene rings is 1. The summed E-state index contributed by atoms with van der Waals surface area (Å²) in [4.78, 5) is 11.3. The number of anilines is 2. The highest BCUT2D eigenvalue weighted by Gasteiger charge is 2.20. The maximum absolute atomic E-state index is 9.15. The van der Waals surface area contributed by atoms with Crippen LogP contribution in [-0.2, 0) is 6.42 Å². The second-order valence-corrected chi connectivity index (χ2v) is 6.53. The van der Waals surface area contributed by atoms with Crippen molar-refractivity contribution in [3.05, 3.63) is 10.9 Å². The zero-order valence-corrected chi connectivity index (χ0v) is 13.3. The normalized spacial score (nSPS) is 11.8. The molecular formula is C14H22N4OS. The molecule has 0 aromatic carbocycles. The van der Waals surface area contributed by atoms with Crippen LogP contribution in [0.15, 0.2) is 6.07 Å². The Balaban J connectivity index is 2.46. The van der Waals surface area contributed by atoms with Gasteiger partial charge in [0.05, 0.1) is 5.39 Å². The lowest BCUT2D eigenvalue weighted by Gasteiger charge is -2.26. The summed E-state index contributed by atoms with van der Waals surface area (Å²) < 4.78 is 0. The van der Waals surface area contributed by atoms with Crippen LogP contribution in [0, 0.1) is 0 Å². The molecular weight excluding hydrogens is 272 g/mol. The van der Waals surface area contributed by atoms with Gasteiger partial charge in [-0.3, -0.25) is 0 Å². The van der Waals surface area contributed by atoms with Crippen molar-refractivity contribution in [2.75, 3.05) is 24.3 Å². The van der Waals surface area contributed by atoms with Gasteiger partial charge in [-0.2, -0.15) is 4.98 Å². The fourth-order valence-electron chi connectivity index (χ4n) is 2.02. The third-order valence-electron chi connectivity index (χ3n) is 3.21. The van der Waals surface area contributed by atoms with E-state index in [-0.39, 0.29) is 12.1 Å². The summed E-state index contributed by atoms with van der Waals surface area (Å²) in [5.41, 5.74) is -0.213. The topological polar surface area (TPSA) is 70.1 Å². The molecule has 0 saturated heterocycles. The molecule has 0 unspecified atom stereocenters. The monoisotopic (exact) mass is 294 g/mol. The van der Waals surface area contributed by atoms with Gasteiger partial charge in [0.1, 0.15) is 10.6 Å². The van der Waals surface area contributed by atoms with Gasteiger partial charge in [0, 0.05) is 24.1 Å². The second kappa shape index (κ2) is 5.93. The Morgan fingerprint density at radius 2 is 2.10 bits per heavy atom. The molecule has 20 heavy (non-hydrogen) atoms. The van der Waals surface area contributed by atoms with E-state index in [1.165, 1.54) is 4.88 Å². The van der Waals surface area contributed by atoms with Crippen molar-refractivity contribution in [1.29, 1.82) is 0 Å². The third-order valence-corrected chi connectivity index (χ3v) is 4.38. The number of nitrogens with one attached hydrogen (secondary N) is 2. The van der Waals surface area contributed by atoms with E-state index in [2.05, 4.69) is 47.4 Å². The Morgan fingerprint density at radius 1 is 1.35 bits per heavy atom. The van der Waals surface area contributed by atoms with Crippen LogP contribution in [0.4, 0.5) is 11.8 Å². The quantitative estimate of drug-likeness (QED) is 0.764. The first kappa shape index (κ1) is 15.0. The minimum absolute atomic E-state index is 0.150. The number of aliphatic hydroxyl groups is 1. The number of fused-ring (bicyclic) bond motifs is 1. The van der Waals surface area contributed by atoms with Crippen LogP contribution in [0.3, 0.4) is 0 Å². The average molecular weight is 294 g/mol. The Labute approximate surface area is 123 Å². The summed E-state index contributed by atoms with van der Waals surface area (Å²) in [6.45, 7) is 6.41. The van der Waals surface area contributed by atoms with Gasteiger partial charge in [0.2, 0.25) is 5.95 Å². The molecule has 2 rings (SSSR count). The molecule has 0 amide bonds. The van der Waals surface area contributed by atoms with Crippen molar-refractivity contribution >= 4 is 33.3 Å². The Hall–Kier alpha value is -1.40. The lowest BCUT2D eigenvalue weighted by Crippen LogP contribution is -2.32. The minimum atomic E-state index is -0.213. The minimum Gasteiger partial charge on any atom is -0.396 e. The molecule has 0 radical (unpaired) electrons. The van der Waals surface area contributed by atoms with Gasteiger partial charge in [-0.1, -0.05) is 6.92 Å². The van der Waals surface area contributed by atoms with E-state index in [4.69, 9.17) is 5.11 Å². The zero-order valence-electron chi connectivity index (χ0n) is 12.4. The van der Waals surface area contributed by atoms with E-state index in [0.717, 1.165) is 22.5 Å². The fourth-order valence-corrected chi connectivity index (χ4v) is 2.98. The Morgan fingerprint density at radius 3 is 2.70 bits per heavy atom. The molecule has 110 valence electrons. The first-order chi connectivity index (χ1) is 9.49. The van der Waals surface area contributed by atoms with Crippen LogP contribution in [0.1, 0.15) is 32.1 Å². The largest absolute Gasteiger partial charge is 0.396 e. The van der Waals surface area contributed by atoms with Crippen LogP contribution < -0.4 is 10.6 Å². The van der Waals surface area contributed by atoms with E-state index < -0.39 is 0 Å². The fraction of sp³-hybridized carbons (Fsp3) is 0.571. The van der Waals surface area contributed by atoms with Crippen molar-refractivity contribution in [2.24, 2.45) is 0 Å². The highest BCUT2D eigenvalue weighted by Crippen LogP contribution is 2.32. The summed E-state index contributed by atoms with van der Waals surface area (Å²) in [7, 11) is 1.82. The van der Waals surface area contributed by atoms with Crippen LogP contribution in [0.2, 0.25) is 0 Å². The number of nitrogens with zero attached hydrogens (tertiary/aromatic N) is 2. The molecule has 0 fully saturated rings. The molecule has 2 aromatic heterocycles. The number of hydrogen-bond donors (Lipinski definition) is 3. The SMILES string of the molecule is CCc1cc2c(NC(C)(C)CCO)nc(NC)nc2s1. The number of aliphatic hydroxyl groups excluding tert-OH is 1. The van der Waals surface area contributed by atoms with Gasteiger partial charge in [0.15, 0.2) is 0 Å². The smallest absolute Gasteiger partial charge is 0.225 e. The molecule has 3 N–H and O–H groups in total. The maximum Gasteiger partial charge on any atom is 0.225 e. The number of rotatable bonds is 6. The van der Waals surface area contributed by atoms with Crippen molar-refractivity contribution < 1.29 is 5.11 Å². The molecule has 0 aliphatic heterocycles. The van der Waals surface area contributed by atoms with Gasteiger partial charge >= 0.3 is 0 Å². The molecule has 0 spiro atoms. The molecule has 0 saturated carbocycles. The molecule has 0 atom stereocenters. The first-order valence-corrected chi connectivity index (χ1v) is 7.68. The zero-order chi connectivity index (χ0) is 14.8. The molecule has 0 aliphatic rings. The summed E-state index contributed by atoms with van der Waals surface area (Å²) in [5.74, 6) is 1.44. The summed E-state index contributed by atoms with van der Waals surface area (Å²) in [6.07, 6.45) is 1.66. The lowest BCUT2D eigenvalue weighted by atomic mass is 10.0. The van der Waals surface area contributed by atoms with E-state index >= 15 is 0 Å². The standard InChI is InChI=1S/C14H22N4OS/c1-5-9-8-10-11(18-14(2,3)6-7-19)16-13(15-4)17-12(10)20-9/h8,19H,5-7H2,1-4H3,(H2,15,16,17,18). The number of hydrogen-bond acceptors (Lipinski definition) is 6. The van der Waals surface area contributed by atoms with Crippen LogP contribution in [0.25, 0.3) is 10.2 Å². The van der Waals surface area contributed by atoms with Crippen molar-refractivity contribution in [2.45, 2.75) is 39.2 Å². The summed E-state index contributed by atoms with van der Waals surface area (Å²) in [6, 6.07) is 2.15. The second-order valence-electron chi connectivity index (χ2n) is 5.41. The third kappa shape index (κ3) is 3.19. The van der Waals surface area contributed by atoms with Crippen LogP contribution in [0.5, 0.6) is 0 Å². The highest BCUT2D eigenvalue weighted by atomic mass is 32.1. The molecule has 6 heteroatoms. The molecule has 0 bridgehead atoms. The molecule has 0 aliphatic carbocycles. The van der Waals surface area contributed by atoms with E-state index in [1.807, 2.05) is 7.05 Å². The van der Waals surface area contributed by atoms with Crippen molar-refractivity contribution in [3.8, 4) is 0 Å². The van der Waals surface area contributed by atoms with Gasteiger partial charge in [-0.05, 0) is 32.8 Å². The summed E-state index contributed by atoms with van der Waals surface area (Å²) >= 11 is 1.70. The predicted octanol–water partition coefficient (Wildman–Crippen LogP) is 2.87. The molecule has 5 nitrogen and oxygen atoms in total. The van der Waals surface area contributed by atoms with E-state index in [1.54, 1.807) is 11.3 Å². The number of aromatic nitrogens is 2. The Bertz CT molecular complexity index is 594. The van der Waals surface area contributed by atoms with Gasteiger partial charge < -0.3 is 15.7 Å². The van der Waals surface area contributed by atoms with Crippen molar-refractivity contribution in [1.82, 2.24) is 9.97 Å². The van der Waals surface area contributed by atoms with Crippen LogP contribution >= 0.6 is 11.3 Å². The average Bonchev–Trinajstić information content (AvgIpc) is 2.81. The maximum atomic E-state index is 9.15. The van der Waals surface area contributed by atoms with Gasteiger partial charge in [-0.25, -0.2) is 4.98 Å². The van der Waals surface area contributed by atoms with Gasteiger partial charge in [-0.15, -0.1) is 11.3 Å². The van der Waals surface area contributed by atoms with E-state index in [9.17, 15) is 0 Å². The summed E-state index contributed by atoms with van der Waals surface area (Å²) in [5, 5.41) is 16.6. The van der Waals surface area contributed by atoms with E-state index in [0.29, 0.717) is 12.4 Å². The number of aryl methyl sites for hydroxylation is 1. The Kier molecular flexibility index (Phi) is 4.45. The first-order valence-electron chi connectivity index (χ1n) is 6.86.